The Hall–Kier alpha value is -3.19. The number of ether oxygens (including phenoxy) is 1. The van der Waals surface area contributed by atoms with Crippen molar-refractivity contribution in [3.8, 4) is 5.75 Å². The van der Waals surface area contributed by atoms with Crippen LogP contribution in [0.2, 0.25) is 0 Å². The van der Waals surface area contributed by atoms with Gasteiger partial charge in [-0.25, -0.2) is 4.79 Å². The van der Waals surface area contributed by atoms with Gasteiger partial charge >= 0.3 is 5.97 Å². The van der Waals surface area contributed by atoms with E-state index in [0.29, 0.717) is 6.29 Å². The van der Waals surface area contributed by atoms with Crippen molar-refractivity contribution in [3.63, 3.8) is 0 Å². The number of aliphatic hydroxyl groups is 1. The smallest absolute Gasteiger partial charge is 0.331 e. The molecule has 2 rings (SSSR count). The highest BCUT2D eigenvalue weighted by Crippen LogP contribution is 2.18. The van der Waals surface area contributed by atoms with Crippen molar-refractivity contribution >= 4 is 18.2 Å². The lowest BCUT2D eigenvalue weighted by molar-refractivity contribution is -0.150. The number of aldehydes is 1. The topological polar surface area (TPSA) is 113 Å². The summed E-state index contributed by atoms with van der Waals surface area (Å²) in [5, 5.41) is 21.9. The van der Waals surface area contributed by atoms with Crippen LogP contribution < -0.4 is 5.32 Å². The van der Waals surface area contributed by atoms with Gasteiger partial charge in [0.25, 0.3) is 5.91 Å². The van der Waals surface area contributed by atoms with Crippen LogP contribution in [0.3, 0.4) is 0 Å². The Labute approximate surface area is 150 Å². The van der Waals surface area contributed by atoms with Crippen LogP contribution in [0.15, 0.2) is 48.5 Å². The summed E-state index contributed by atoms with van der Waals surface area (Å²) >= 11 is 0. The van der Waals surface area contributed by atoms with Crippen LogP contribution in [-0.2, 0) is 16.1 Å². The fraction of sp³-hybridized carbons (Fsp3) is 0.211. The molecule has 0 aliphatic heterocycles. The van der Waals surface area contributed by atoms with Gasteiger partial charge in [0.15, 0.2) is 6.04 Å². The quantitative estimate of drug-likeness (QED) is 0.510. The maximum Gasteiger partial charge on any atom is 0.331 e. The summed E-state index contributed by atoms with van der Waals surface area (Å²) in [7, 11) is 0. The van der Waals surface area contributed by atoms with Crippen LogP contribution in [0.25, 0.3) is 0 Å². The third-order valence-corrected chi connectivity index (χ3v) is 3.65. The molecular weight excluding hydrogens is 338 g/mol. The van der Waals surface area contributed by atoms with Crippen molar-refractivity contribution in [2.24, 2.45) is 0 Å². The number of nitrogens with one attached hydrogen (secondary N) is 1. The molecule has 26 heavy (non-hydrogen) atoms. The number of hydrogen-bond donors (Lipinski definition) is 3. The van der Waals surface area contributed by atoms with E-state index in [2.05, 4.69) is 5.32 Å². The molecule has 0 saturated heterocycles. The van der Waals surface area contributed by atoms with Gasteiger partial charge in [0.05, 0.1) is 11.7 Å². The predicted molar refractivity (Wildman–Crippen MR) is 92.7 cm³/mol. The van der Waals surface area contributed by atoms with Crippen molar-refractivity contribution in [1.29, 1.82) is 0 Å². The molecule has 0 radical (unpaired) electrons. The van der Waals surface area contributed by atoms with Gasteiger partial charge in [0.2, 0.25) is 0 Å². The number of phenolic OH excluding ortho intramolecular Hbond substituents is 1. The standard InChI is InChI=1S/C19H19NO6/c1-12(22)17(19(25)26-11-13-5-3-2-4-6-13)20-18(24)15-9-14(10-21)7-8-16(15)23/h2-10,12,17,22-23H,11H2,1H3,(H,20,24)/t12-,17+/m1/s1. The van der Waals surface area contributed by atoms with Crippen molar-refractivity contribution in [2.45, 2.75) is 25.7 Å². The maximum absolute atomic E-state index is 12.3. The normalized spacial score (nSPS) is 12.7. The molecule has 1 amide bonds. The van der Waals surface area contributed by atoms with E-state index in [1.807, 2.05) is 6.07 Å². The Kier molecular flexibility index (Phi) is 6.46. The summed E-state index contributed by atoms with van der Waals surface area (Å²) in [6.45, 7) is 1.32. The van der Waals surface area contributed by atoms with Gasteiger partial charge in [-0.1, -0.05) is 30.3 Å². The summed E-state index contributed by atoms with van der Waals surface area (Å²) < 4.78 is 5.13. The highest BCUT2D eigenvalue weighted by atomic mass is 16.5. The van der Waals surface area contributed by atoms with Crippen LogP contribution >= 0.6 is 0 Å². The molecule has 3 N–H and O–H groups in total. The molecule has 0 bridgehead atoms. The van der Waals surface area contributed by atoms with E-state index in [1.165, 1.54) is 25.1 Å². The molecule has 2 aromatic carbocycles. The number of carbonyl (C=O) groups excluding carboxylic acids is 3. The van der Waals surface area contributed by atoms with E-state index in [-0.39, 0.29) is 23.5 Å². The Morgan fingerprint density at radius 1 is 1.19 bits per heavy atom. The summed E-state index contributed by atoms with van der Waals surface area (Å²) in [6.07, 6.45) is -0.699. The molecule has 0 aromatic heterocycles. The zero-order valence-electron chi connectivity index (χ0n) is 14.1. The number of rotatable bonds is 7. The highest BCUT2D eigenvalue weighted by molar-refractivity contribution is 6.00. The van der Waals surface area contributed by atoms with E-state index in [0.717, 1.165) is 5.56 Å². The molecule has 7 nitrogen and oxygen atoms in total. The molecule has 2 atom stereocenters. The molecule has 136 valence electrons. The summed E-state index contributed by atoms with van der Waals surface area (Å²) in [5.41, 5.74) is 0.761. The predicted octanol–water partition coefficient (Wildman–Crippen LogP) is 1.43. The van der Waals surface area contributed by atoms with Crippen molar-refractivity contribution in [2.75, 3.05) is 0 Å². The fourth-order valence-corrected chi connectivity index (χ4v) is 2.22. The van der Waals surface area contributed by atoms with E-state index < -0.39 is 24.0 Å². The first-order chi connectivity index (χ1) is 12.4. The lowest BCUT2D eigenvalue weighted by Crippen LogP contribution is -2.48. The minimum absolute atomic E-state index is 0.00928. The Bertz CT molecular complexity index is 788. The van der Waals surface area contributed by atoms with Crippen LogP contribution in [0.4, 0.5) is 0 Å². The van der Waals surface area contributed by atoms with Crippen LogP contribution in [0.1, 0.15) is 33.2 Å². The maximum atomic E-state index is 12.3. The van der Waals surface area contributed by atoms with Crippen molar-refractivity contribution in [1.82, 2.24) is 5.32 Å². The molecule has 7 heteroatoms. The first-order valence-electron chi connectivity index (χ1n) is 7.90. The molecule has 0 spiro atoms. The average molecular weight is 357 g/mol. The second-order valence-corrected chi connectivity index (χ2v) is 5.68. The number of hydrogen-bond acceptors (Lipinski definition) is 6. The van der Waals surface area contributed by atoms with Crippen LogP contribution in [-0.4, -0.2) is 40.5 Å². The Balaban J connectivity index is 2.08. The van der Waals surface area contributed by atoms with Gasteiger partial charge in [0, 0.05) is 5.56 Å². The molecule has 0 heterocycles. The summed E-state index contributed by atoms with van der Waals surface area (Å²) in [4.78, 5) is 35.4. The molecule has 0 fully saturated rings. The summed E-state index contributed by atoms with van der Waals surface area (Å²) in [5.74, 6) is -1.98. The van der Waals surface area contributed by atoms with E-state index >= 15 is 0 Å². The van der Waals surface area contributed by atoms with Gasteiger partial charge in [-0.05, 0) is 30.7 Å². The number of phenols is 1. The SMILES string of the molecule is C[C@@H](O)[C@H](NC(=O)c1cc(C=O)ccc1O)C(=O)OCc1ccccc1. The van der Waals surface area contributed by atoms with Gasteiger partial charge in [-0.15, -0.1) is 0 Å². The molecule has 0 unspecified atom stereocenters. The number of carbonyl (C=O) groups is 3. The van der Waals surface area contributed by atoms with E-state index in [9.17, 15) is 24.6 Å². The zero-order valence-corrected chi connectivity index (χ0v) is 14.1. The van der Waals surface area contributed by atoms with Crippen molar-refractivity contribution in [3.05, 3.63) is 65.2 Å². The monoisotopic (exact) mass is 357 g/mol. The molecule has 0 saturated carbocycles. The third kappa shape index (κ3) is 4.90. The van der Waals surface area contributed by atoms with Gasteiger partial charge in [-0.3, -0.25) is 9.59 Å². The number of aliphatic hydroxyl groups excluding tert-OH is 1. The van der Waals surface area contributed by atoms with Gasteiger partial charge < -0.3 is 20.3 Å². The van der Waals surface area contributed by atoms with E-state index in [4.69, 9.17) is 4.74 Å². The third-order valence-electron chi connectivity index (χ3n) is 3.65. The molecule has 0 aliphatic rings. The van der Waals surface area contributed by atoms with Crippen molar-refractivity contribution < 1.29 is 29.3 Å². The first-order valence-corrected chi connectivity index (χ1v) is 7.90. The van der Waals surface area contributed by atoms with Crippen LogP contribution in [0, 0.1) is 0 Å². The highest BCUT2D eigenvalue weighted by Gasteiger charge is 2.28. The average Bonchev–Trinajstić information content (AvgIpc) is 2.65. The van der Waals surface area contributed by atoms with Gasteiger partial charge in [0.1, 0.15) is 18.6 Å². The molecular formula is C19H19NO6. The molecule has 0 aliphatic carbocycles. The number of amides is 1. The lowest BCUT2D eigenvalue weighted by Gasteiger charge is -2.20. The van der Waals surface area contributed by atoms with E-state index in [1.54, 1.807) is 24.3 Å². The lowest BCUT2D eigenvalue weighted by atomic mass is 10.1. The minimum Gasteiger partial charge on any atom is -0.507 e. The fourth-order valence-electron chi connectivity index (χ4n) is 2.22. The second-order valence-electron chi connectivity index (χ2n) is 5.68. The second kappa shape index (κ2) is 8.77. The largest absolute Gasteiger partial charge is 0.507 e. The molecule has 2 aromatic rings. The number of esters is 1. The zero-order chi connectivity index (χ0) is 19.1. The van der Waals surface area contributed by atoms with Crippen LogP contribution in [0.5, 0.6) is 5.75 Å². The number of aromatic hydroxyl groups is 1. The number of benzene rings is 2. The Morgan fingerprint density at radius 2 is 1.88 bits per heavy atom. The van der Waals surface area contributed by atoms with Gasteiger partial charge in [-0.2, -0.15) is 0 Å². The summed E-state index contributed by atoms with van der Waals surface area (Å²) in [6, 6.07) is 11.3. The first kappa shape index (κ1) is 19.1. The minimum atomic E-state index is -1.33. The Morgan fingerprint density at radius 3 is 2.50 bits per heavy atom.